The maximum absolute atomic E-state index is 12.4. The van der Waals surface area contributed by atoms with Gasteiger partial charge in [0.2, 0.25) is 5.91 Å². The van der Waals surface area contributed by atoms with Crippen LogP contribution >= 0.6 is 11.6 Å². The van der Waals surface area contributed by atoms with Crippen molar-refractivity contribution in [2.24, 2.45) is 0 Å². The van der Waals surface area contributed by atoms with E-state index in [1.165, 1.54) is 13.1 Å². The van der Waals surface area contributed by atoms with Crippen molar-refractivity contribution >= 4 is 39.6 Å². The van der Waals surface area contributed by atoms with Crippen LogP contribution in [0.5, 0.6) is 0 Å². The summed E-state index contributed by atoms with van der Waals surface area (Å²) in [5.74, 6) is -0.728. The predicted octanol–water partition coefficient (Wildman–Crippen LogP) is 4.47. The largest absolute Gasteiger partial charge is 0.405 e. The molecule has 0 aliphatic carbocycles. The Morgan fingerprint density at radius 3 is 2.86 bits per heavy atom. The highest BCUT2D eigenvalue weighted by Crippen LogP contribution is 2.31. The molecular formula is C19H15ClF3N5O. The average Bonchev–Trinajstić information content (AvgIpc) is 3.28. The Kier molecular flexibility index (Phi) is 4.70. The lowest BCUT2D eigenvalue weighted by atomic mass is 10.1. The van der Waals surface area contributed by atoms with Crippen LogP contribution in [-0.4, -0.2) is 38.1 Å². The Labute approximate surface area is 167 Å². The van der Waals surface area contributed by atoms with E-state index in [0.717, 1.165) is 16.5 Å². The maximum atomic E-state index is 12.4. The first-order chi connectivity index (χ1) is 13.7. The van der Waals surface area contributed by atoms with E-state index < -0.39 is 24.7 Å². The van der Waals surface area contributed by atoms with Gasteiger partial charge < -0.3 is 14.9 Å². The molecule has 1 unspecified atom stereocenters. The van der Waals surface area contributed by atoms with Gasteiger partial charge in [-0.2, -0.15) is 13.2 Å². The van der Waals surface area contributed by atoms with Crippen LogP contribution in [0.25, 0.3) is 33.2 Å². The molecule has 0 bridgehead atoms. The van der Waals surface area contributed by atoms with Crippen LogP contribution in [0.2, 0.25) is 5.02 Å². The summed E-state index contributed by atoms with van der Waals surface area (Å²) in [4.78, 5) is 23.9. The molecule has 0 aliphatic rings. The van der Waals surface area contributed by atoms with Gasteiger partial charge in [0.15, 0.2) is 0 Å². The van der Waals surface area contributed by atoms with Gasteiger partial charge in [0.1, 0.15) is 18.2 Å². The summed E-state index contributed by atoms with van der Waals surface area (Å²) in [5.41, 5.74) is 3.50. The fourth-order valence-electron chi connectivity index (χ4n) is 3.19. The summed E-state index contributed by atoms with van der Waals surface area (Å²) in [6, 6.07) is 4.48. The van der Waals surface area contributed by atoms with E-state index in [4.69, 9.17) is 11.6 Å². The van der Waals surface area contributed by atoms with E-state index in [9.17, 15) is 18.0 Å². The van der Waals surface area contributed by atoms with E-state index in [0.29, 0.717) is 21.7 Å². The van der Waals surface area contributed by atoms with Gasteiger partial charge in [-0.3, -0.25) is 9.78 Å². The minimum Gasteiger partial charge on any atom is -0.346 e. The monoisotopic (exact) mass is 421 g/mol. The second-order valence-electron chi connectivity index (χ2n) is 6.61. The highest BCUT2D eigenvalue weighted by Gasteiger charge is 2.29. The van der Waals surface area contributed by atoms with Gasteiger partial charge in [0.25, 0.3) is 0 Å². The minimum absolute atomic E-state index is 0.491. The van der Waals surface area contributed by atoms with E-state index in [-0.39, 0.29) is 0 Å². The highest BCUT2D eigenvalue weighted by molar-refractivity contribution is 6.31. The Bertz CT molecular complexity index is 1210. The fourth-order valence-corrected chi connectivity index (χ4v) is 3.35. The molecule has 2 N–H and O–H groups in total. The standard InChI is InChI=1S/C19H15ClF3N5O/c1-10(18(29)27-9-19(21,22)23)28-3-2-15-16(28)4-11(6-24-15)14-8-26-17-13(14)5-12(20)7-25-17/h2-8,10H,9H2,1H3,(H,25,26)(H,27,29). The second kappa shape index (κ2) is 7.07. The number of fused-ring (bicyclic) bond motifs is 2. The van der Waals surface area contributed by atoms with Crippen LogP contribution in [0.1, 0.15) is 13.0 Å². The average molecular weight is 422 g/mol. The number of nitrogens with zero attached hydrogens (tertiary/aromatic N) is 3. The molecule has 0 radical (unpaired) electrons. The number of alkyl halides is 3. The van der Waals surface area contributed by atoms with Crippen molar-refractivity contribution in [2.45, 2.75) is 19.1 Å². The van der Waals surface area contributed by atoms with Crippen LogP contribution in [0.4, 0.5) is 13.2 Å². The Hall–Kier alpha value is -3.07. The molecule has 0 aromatic carbocycles. The van der Waals surface area contributed by atoms with Gasteiger partial charge in [-0.25, -0.2) is 4.98 Å². The number of hydrogen-bond acceptors (Lipinski definition) is 3. The molecule has 10 heteroatoms. The third-order valence-corrected chi connectivity index (χ3v) is 4.84. The molecule has 1 amide bonds. The Balaban J connectivity index is 1.71. The van der Waals surface area contributed by atoms with Gasteiger partial charge in [0.05, 0.1) is 16.1 Å². The summed E-state index contributed by atoms with van der Waals surface area (Å²) in [6.45, 7) is 0.162. The molecular weight excluding hydrogens is 407 g/mol. The van der Waals surface area contributed by atoms with Crippen LogP contribution in [0.15, 0.2) is 43.0 Å². The van der Waals surface area contributed by atoms with Gasteiger partial charge >= 0.3 is 6.18 Å². The number of rotatable bonds is 4. The van der Waals surface area contributed by atoms with Crippen molar-refractivity contribution in [3.05, 3.63) is 48.0 Å². The van der Waals surface area contributed by atoms with Crippen molar-refractivity contribution < 1.29 is 18.0 Å². The van der Waals surface area contributed by atoms with Crippen molar-refractivity contribution in [3.63, 3.8) is 0 Å². The van der Waals surface area contributed by atoms with Crippen LogP contribution in [-0.2, 0) is 4.79 Å². The van der Waals surface area contributed by atoms with Crippen LogP contribution in [0, 0.1) is 0 Å². The van der Waals surface area contributed by atoms with Crippen molar-refractivity contribution in [3.8, 4) is 11.1 Å². The zero-order valence-electron chi connectivity index (χ0n) is 15.1. The maximum Gasteiger partial charge on any atom is 0.405 e. The summed E-state index contributed by atoms with van der Waals surface area (Å²) in [7, 11) is 0. The predicted molar refractivity (Wildman–Crippen MR) is 104 cm³/mol. The molecule has 0 saturated carbocycles. The molecule has 1 atom stereocenters. The molecule has 29 heavy (non-hydrogen) atoms. The molecule has 4 rings (SSSR count). The summed E-state index contributed by atoms with van der Waals surface area (Å²) < 4.78 is 38.8. The van der Waals surface area contributed by atoms with Crippen molar-refractivity contribution in [1.82, 2.24) is 24.8 Å². The first-order valence-corrected chi connectivity index (χ1v) is 9.05. The molecule has 4 aromatic rings. The molecule has 150 valence electrons. The number of aromatic amines is 1. The highest BCUT2D eigenvalue weighted by atomic mass is 35.5. The summed E-state index contributed by atoms with van der Waals surface area (Å²) in [6.07, 6.45) is 2.17. The van der Waals surface area contributed by atoms with Crippen molar-refractivity contribution in [1.29, 1.82) is 0 Å². The number of hydrogen-bond donors (Lipinski definition) is 2. The number of nitrogens with one attached hydrogen (secondary N) is 2. The van der Waals surface area contributed by atoms with Gasteiger partial charge in [-0.05, 0) is 25.1 Å². The number of pyridine rings is 2. The number of aromatic nitrogens is 4. The quantitative estimate of drug-likeness (QED) is 0.510. The third kappa shape index (κ3) is 3.77. The summed E-state index contributed by atoms with van der Waals surface area (Å²) >= 11 is 6.06. The SMILES string of the molecule is CC(C(=O)NCC(F)(F)F)n1ccc2ncc(-c3c[nH]c4ncc(Cl)cc34)cc21. The van der Waals surface area contributed by atoms with Gasteiger partial charge in [-0.1, -0.05) is 11.6 Å². The van der Waals surface area contributed by atoms with Crippen LogP contribution < -0.4 is 5.32 Å². The lowest BCUT2D eigenvalue weighted by molar-refractivity contribution is -0.140. The molecule has 0 aliphatic heterocycles. The number of halogens is 4. The van der Waals surface area contributed by atoms with Crippen LogP contribution in [0.3, 0.4) is 0 Å². The Morgan fingerprint density at radius 1 is 1.31 bits per heavy atom. The number of carbonyl (C=O) groups is 1. The molecule has 6 nitrogen and oxygen atoms in total. The lowest BCUT2D eigenvalue weighted by Crippen LogP contribution is -2.37. The third-order valence-electron chi connectivity index (χ3n) is 4.64. The molecule has 0 spiro atoms. The van der Waals surface area contributed by atoms with E-state index in [2.05, 4.69) is 15.0 Å². The normalized spacial score (nSPS) is 13.1. The number of carbonyl (C=O) groups excluding carboxylic acids is 1. The van der Waals surface area contributed by atoms with E-state index in [1.54, 1.807) is 35.3 Å². The molecule has 4 heterocycles. The van der Waals surface area contributed by atoms with E-state index in [1.807, 2.05) is 11.4 Å². The zero-order valence-corrected chi connectivity index (χ0v) is 15.8. The smallest absolute Gasteiger partial charge is 0.346 e. The molecule has 0 saturated heterocycles. The number of H-pyrrole nitrogens is 1. The first kappa shape index (κ1) is 19.3. The minimum atomic E-state index is -4.46. The lowest BCUT2D eigenvalue weighted by Gasteiger charge is -2.16. The first-order valence-electron chi connectivity index (χ1n) is 8.67. The topological polar surface area (TPSA) is 75.6 Å². The Morgan fingerprint density at radius 2 is 2.10 bits per heavy atom. The second-order valence-corrected chi connectivity index (χ2v) is 7.05. The molecule has 0 fully saturated rings. The van der Waals surface area contributed by atoms with Crippen molar-refractivity contribution in [2.75, 3.05) is 6.54 Å². The van der Waals surface area contributed by atoms with E-state index >= 15 is 0 Å². The molecule has 4 aromatic heterocycles. The number of amides is 1. The fraction of sp³-hybridized carbons (Fsp3) is 0.211. The van der Waals surface area contributed by atoms with Gasteiger partial charge in [0, 0.05) is 41.3 Å². The summed E-state index contributed by atoms with van der Waals surface area (Å²) in [5, 5.41) is 3.22. The van der Waals surface area contributed by atoms with Gasteiger partial charge in [-0.15, -0.1) is 0 Å². The zero-order chi connectivity index (χ0) is 20.8.